The first-order valence-corrected chi connectivity index (χ1v) is 26.3. The minimum absolute atomic E-state index is 0.00408. The van der Waals surface area contributed by atoms with Gasteiger partial charge in [0.25, 0.3) is 0 Å². The standard InChI is InChI=1S/C29H25Cl2FN4O2.C23H22ClN3O2.C6H4Cl2FN/c1-37-25-14-24-21(29(19(15-33)16-34-24)35-23-8-7-22(30)27(31)28(23)32)13-26(25)38-20-9-11-36(12-10-20)17-18-5-3-2-4-6-18;1-28-21-12-20-19(23(24)17(13-25)14-26-20)11-22(21)29-18-7-9-27(10-8-18)15-16-5-3-2-4-6-16;7-3-1-2-4(10)6(9)5(3)8/h2-8,13-14,16,20H,9-12,17H2,1H3,(H,34,35);2-6,11-12,14,18H,7-10,15H2,1H3;1-2H,10H2. The van der Waals surface area contributed by atoms with Gasteiger partial charge in [-0.25, -0.2) is 8.78 Å². The maximum atomic E-state index is 14.8. The van der Waals surface area contributed by atoms with E-state index in [1.807, 2.05) is 24.3 Å². The first kappa shape index (κ1) is 56.4. The molecule has 4 heterocycles. The fraction of sp³-hybridized carbons (Fsp3) is 0.241. The van der Waals surface area contributed by atoms with Gasteiger partial charge in [0.1, 0.15) is 24.3 Å². The number of hydrogen-bond acceptors (Lipinski definition) is 12. The Bertz CT molecular complexity index is 3420. The first-order chi connectivity index (χ1) is 37.3. The van der Waals surface area contributed by atoms with Crippen LogP contribution in [0.25, 0.3) is 21.8 Å². The number of halogens is 7. The van der Waals surface area contributed by atoms with Crippen LogP contribution in [0.1, 0.15) is 47.9 Å². The number of nitrogens with one attached hydrogen (secondary N) is 1. The highest BCUT2D eigenvalue weighted by Crippen LogP contribution is 2.41. The van der Waals surface area contributed by atoms with Crippen molar-refractivity contribution in [3.8, 4) is 35.1 Å². The monoisotopic (exact) mass is 1140 g/mol. The second-order valence-corrected chi connectivity index (χ2v) is 20.0. The number of ether oxygens (including phenoxy) is 4. The van der Waals surface area contributed by atoms with Gasteiger partial charge in [-0.05, 0) is 73.2 Å². The quantitative estimate of drug-likeness (QED) is 0.0884. The summed E-state index contributed by atoms with van der Waals surface area (Å²) in [7, 11) is 3.19. The summed E-state index contributed by atoms with van der Waals surface area (Å²) < 4.78 is 51.3. The predicted octanol–water partition coefficient (Wildman–Crippen LogP) is 14.9. The number of rotatable bonds is 12. The number of piperidine rings is 2. The van der Waals surface area contributed by atoms with Crippen molar-refractivity contribution < 1.29 is 27.7 Å². The molecule has 2 aromatic heterocycles. The number of nitriles is 2. The molecule has 0 atom stereocenters. The fourth-order valence-electron chi connectivity index (χ4n) is 8.88. The first-order valence-electron chi connectivity index (χ1n) is 24.4. The van der Waals surface area contributed by atoms with Crippen molar-refractivity contribution in [2.75, 3.05) is 51.4 Å². The summed E-state index contributed by atoms with van der Waals surface area (Å²) in [4.78, 5) is 13.6. The molecule has 6 aromatic carbocycles. The Balaban J connectivity index is 0.000000177. The van der Waals surface area contributed by atoms with E-state index in [0.717, 1.165) is 65.0 Å². The summed E-state index contributed by atoms with van der Waals surface area (Å²) in [6.45, 7) is 5.67. The number of aromatic nitrogens is 2. The maximum Gasteiger partial charge on any atom is 0.166 e. The Morgan fingerprint density at radius 2 is 1.04 bits per heavy atom. The number of fused-ring (bicyclic) bond motifs is 2. The third kappa shape index (κ3) is 14.0. The molecule has 2 saturated heterocycles. The lowest BCUT2D eigenvalue weighted by Crippen LogP contribution is -2.37. The summed E-state index contributed by atoms with van der Waals surface area (Å²) in [5.74, 6) is 0.969. The third-order valence-electron chi connectivity index (χ3n) is 13.0. The Morgan fingerprint density at radius 3 is 1.52 bits per heavy atom. The SMILES string of the molecule is COc1cc2ncc(C#N)c(Cl)c2cc1OC1CCN(Cc2ccccc2)CC1.COc1cc2ncc(C#N)c(Nc3ccc(Cl)c(Cl)c3F)c2cc1OC1CCN(Cc2ccccc2)CC1.Nc1ccc(Cl)c(Cl)c1F. The number of hydrogen-bond donors (Lipinski definition) is 2. The van der Waals surface area contributed by atoms with Crippen molar-refractivity contribution in [2.45, 2.75) is 51.0 Å². The molecular weight excluding hydrogens is 1090 g/mol. The highest BCUT2D eigenvalue weighted by atomic mass is 35.5. The highest BCUT2D eigenvalue weighted by molar-refractivity contribution is 6.42. The van der Waals surface area contributed by atoms with E-state index in [2.05, 4.69) is 85.8 Å². The van der Waals surface area contributed by atoms with Gasteiger partial charge in [-0.1, -0.05) is 119 Å². The number of anilines is 3. The summed E-state index contributed by atoms with van der Waals surface area (Å²) in [6, 6.07) is 38.1. The van der Waals surface area contributed by atoms with Crippen LogP contribution in [0.2, 0.25) is 25.1 Å². The van der Waals surface area contributed by atoms with Crippen LogP contribution in [0.3, 0.4) is 0 Å². The number of nitrogens with zero attached hydrogens (tertiary/aromatic N) is 6. The van der Waals surface area contributed by atoms with E-state index >= 15 is 0 Å². The number of likely N-dealkylation sites (tertiary alicyclic amines) is 2. The van der Waals surface area contributed by atoms with E-state index in [9.17, 15) is 19.3 Å². The zero-order valence-corrected chi connectivity index (χ0v) is 45.6. The van der Waals surface area contributed by atoms with E-state index in [-0.39, 0.29) is 49.2 Å². The van der Waals surface area contributed by atoms with E-state index in [1.165, 1.54) is 47.8 Å². The van der Waals surface area contributed by atoms with Crippen molar-refractivity contribution in [1.29, 1.82) is 10.5 Å². The molecule has 0 bridgehead atoms. The minimum Gasteiger partial charge on any atom is -0.493 e. The Morgan fingerprint density at radius 1 is 0.584 bits per heavy atom. The number of pyridine rings is 2. The molecule has 0 saturated carbocycles. The van der Waals surface area contributed by atoms with Gasteiger partial charge in [-0.2, -0.15) is 10.5 Å². The van der Waals surface area contributed by atoms with E-state index in [0.29, 0.717) is 61.1 Å². The molecule has 12 nitrogen and oxygen atoms in total. The molecule has 10 rings (SSSR count). The molecule has 0 radical (unpaired) electrons. The lowest BCUT2D eigenvalue weighted by molar-refractivity contribution is 0.0944. The number of methoxy groups -OCH3 is 2. The van der Waals surface area contributed by atoms with Gasteiger partial charge in [0.15, 0.2) is 34.6 Å². The second kappa shape index (κ2) is 26.5. The van der Waals surface area contributed by atoms with Gasteiger partial charge in [0.05, 0.1) is 78.6 Å². The number of nitrogen functional groups attached to an aromatic ring is 1. The van der Waals surface area contributed by atoms with Gasteiger partial charge in [-0.15, -0.1) is 0 Å². The zero-order chi connectivity index (χ0) is 54.6. The summed E-state index contributed by atoms with van der Waals surface area (Å²) >= 11 is 29.2. The minimum atomic E-state index is -0.708. The van der Waals surface area contributed by atoms with Gasteiger partial charge >= 0.3 is 0 Å². The molecule has 2 fully saturated rings. The molecule has 0 amide bonds. The normalized spacial score (nSPS) is 14.1. The highest BCUT2D eigenvalue weighted by Gasteiger charge is 2.25. The van der Waals surface area contributed by atoms with E-state index in [4.69, 9.17) is 82.7 Å². The van der Waals surface area contributed by atoms with Crippen LogP contribution in [0, 0.1) is 34.3 Å². The van der Waals surface area contributed by atoms with E-state index in [1.54, 1.807) is 26.4 Å². The zero-order valence-electron chi connectivity index (χ0n) is 41.8. The molecule has 77 heavy (non-hydrogen) atoms. The van der Waals surface area contributed by atoms with Gasteiger partial charge < -0.3 is 30.0 Å². The van der Waals surface area contributed by atoms with Crippen molar-refractivity contribution in [3.63, 3.8) is 0 Å². The molecule has 0 spiro atoms. The number of nitrogens with two attached hydrogens (primary N) is 1. The lowest BCUT2D eigenvalue weighted by atomic mass is 10.1. The van der Waals surface area contributed by atoms with Crippen molar-refractivity contribution in [1.82, 2.24) is 19.8 Å². The van der Waals surface area contributed by atoms with Crippen molar-refractivity contribution >= 4 is 96.9 Å². The summed E-state index contributed by atoms with van der Waals surface area (Å²) in [5.41, 5.74) is 10.1. The lowest BCUT2D eigenvalue weighted by Gasteiger charge is -2.32. The average Bonchev–Trinajstić information content (AvgIpc) is 3.46. The van der Waals surface area contributed by atoms with Gasteiger partial charge in [0, 0.05) is 74.6 Å². The summed E-state index contributed by atoms with van der Waals surface area (Å²) in [5, 5.41) is 23.6. The molecule has 2 aliphatic heterocycles. The van der Waals surface area contributed by atoms with Crippen LogP contribution in [0.5, 0.6) is 23.0 Å². The van der Waals surface area contributed by atoms with Crippen molar-refractivity contribution in [3.05, 3.63) is 181 Å². The molecule has 396 valence electrons. The third-order valence-corrected chi connectivity index (χ3v) is 15.0. The molecule has 8 aromatic rings. The molecule has 0 aliphatic carbocycles. The van der Waals surface area contributed by atoms with Gasteiger partial charge in [0.2, 0.25) is 0 Å². The Labute approximate surface area is 470 Å². The van der Waals surface area contributed by atoms with E-state index < -0.39 is 11.6 Å². The average molecular weight is 1140 g/mol. The van der Waals surface area contributed by atoms with Crippen molar-refractivity contribution in [2.24, 2.45) is 0 Å². The largest absolute Gasteiger partial charge is 0.493 e. The van der Waals surface area contributed by atoms with Gasteiger partial charge in [-0.3, -0.25) is 19.8 Å². The molecule has 19 heteroatoms. The topological polar surface area (TPSA) is 155 Å². The van der Waals surface area contributed by atoms with Crippen LogP contribution >= 0.6 is 58.0 Å². The molecule has 2 aliphatic rings. The molecule has 3 N–H and O–H groups in total. The fourth-order valence-corrected chi connectivity index (χ4v) is 9.75. The van der Waals surface area contributed by atoms with Crippen LogP contribution < -0.4 is 30.0 Å². The smallest absolute Gasteiger partial charge is 0.166 e. The summed E-state index contributed by atoms with van der Waals surface area (Å²) in [6.07, 6.45) is 6.64. The second-order valence-electron chi connectivity index (χ2n) is 18.1. The molecular formula is C58H51Cl5F2N8O4. The predicted molar refractivity (Wildman–Crippen MR) is 302 cm³/mol. The van der Waals surface area contributed by atoms with Crippen LogP contribution in [-0.4, -0.2) is 72.4 Å². The van der Waals surface area contributed by atoms with Crippen LogP contribution in [0.4, 0.5) is 25.8 Å². The Hall–Kier alpha value is -6.85. The maximum absolute atomic E-state index is 14.8. The van der Waals surface area contributed by atoms with Crippen LogP contribution in [0.15, 0.2) is 122 Å². The number of benzene rings is 6. The van der Waals surface area contributed by atoms with Crippen LogP contribution in [-0.2, 0) is 13.1 Å². The Kier molecular flexibility index (Phi) is 19.4. The molecule has 0 unspecified atom stereocenters.